The van der Waals surface area contributed by atoms with Gasteiger partial charge in [0.2, 0.25) is 0 Å². The summed E-state index contributed by atoms with van der Waals surface area (Å²) in [4.78, 5) is 45.6. The molecule has 2 amide bonds. The molecule has 0 fully saturated rings. The van der Waals surface area contributed by atoms with E-state index in [1.165, 1.54) is 30.3 Å². The number of aliphatic hydroxyl groups is 1. The van der Waals surface area contributed by atoms with E-state index in [0.29, 0.717) is 6.42 Å². The van der Waals surface area contributed by atoms with Gasteiger partial charge in [-0.2, -0.15) is 0 Å². The summed E-state index contributed by atoms with van der Waals surface area (Å²) in [5.74, 6) is -0.333. The molecule has 2 rings (SSSR count). The Morgan fingerprint density at radius 3 is 2.49 bits per heavy atom. The normalized spacial score (nSPS) is 13.3. The van der Waals surface area contributed by atoms with Crippen LogP contribution in [0.2, 0.25) is 0 Å². The summed E-state index contributed by atoms with van der Waals surface area (Å²) in [7, 11) is 4.55. The first-order chi connectivity index (χ1) is 17.4. The Morgan fingerprint density at radius 2 is 1.92 bits per heavy atom. The Morgan fingerprint density at radius 1 is 1.24 bits per heavy atom. The van der Waals surface area contributed by atoms with Gasteiger partial charge in [-0.05, 0) is 45.4 Å². The molecule has 0 saturated carbocycles. The maximum absolute atomic E-state index is 13.9. The number of nitrogens with one attached hydrogen (secondary N) is 1. The lowest BCUT2D eigenvalue weighted by molar-refractivity contribution is 0.0859. The van der Waals surface area contributed by atoms with Gasteiger partial charge in [-0.15, -0.1) is 0 Å². The van der Waals surface area contributed by atoms with E-state index < -0.39 is 29.2 Å². The third kappa shape index (κ3) is 7.66. The average Bonchev–Trinajstić information content (AvgIpc) is 2.85. The van der Waals surface area contributed by atoms with E-state index >= 15 is 0 Å². The number of carbonyl (C=O) groups is 1. The molecule has 11 nitrogen and oxygen atoms in total. The van der Waals surface area contributed by atoms with Gasteiger partial charge in [0.25, 0.3) is 5.56 Å². The van der Waals surface area contributed by atoms with Gasteiger partial charge in [-0.3, -0.25) is 13.9 Å². The lowest BCUT2D eigenvalue weighted by Gasteiger charge is -2.22. The summed E-state index contributed by atoms with van der Waals surface area (Å²) < 4.78 is 21.3. The first-order valence-electron chi connectivity index (χ1n) is 11.9. The summed E-state index contributed by atoms with van der Waals surface area (Å²) >= 11 is 0. The van der Waals surface area contributed by atoms with Crippen LogP contribution in [0, 0.1) is 5.82 Å². The number of oxime groups is 1. The minimum atomic E-state index is -1.33. The van der Waals surface area contributed by atoms with Crippen molar-refractivity contribution in [2.75, 3.05) is 21.2 Å². The van der Waals surface area contributed by atoms with E-state index in [4.69, 9.17) is 9.57 Å². The van der Waals surface area contributed by atoms with Crippen LogP contribution in [-0.2, 0) is 17.9 Å². The van der Waals surface area contributed by atoms with Crippen LogP contribution in [0.1, 0.15) is 51.3 Å². The number of benzene rings is 1. The van der Waals surface area contributed by atoms with Crippen LogP contribution in [0.5, 0.6) is 5.75 Å². The van der Waals surface area contributed by atoms with Crippen LogP contribution in [0.3, 0.4) is 0 Å². The van der Waals surface area contributed by atoms with Crippen LogP contribution in [0.15, 0.2) is 39.1 Å². The quantitative estimate of drug-likeness (QED) is 0.344. The van der Waals surface area contributed by atoms with Crippen LogP contribution in [-0.4, -0.2) is 64.2 Å². The number of methoxy groups -OCH3 is 1. The molecule has 0 aliphatic carbocycles. The number of carbonyl (C=O) groups excluding carboxylic acids is 1. The fraction of sp³-hybridized carbons (Fsp3) is 0.520. The molecule has 2 aromatic rings. The highest BCUT2D eigenvalue weighted by atomic mass is 19.1. The van der Waals surface area contributed by atoms with Crippen molar-refractivity contribution in [3.05, 3.63) is 62.2 Å². The molecule has 1 heterocycles. The number of halogens is 1. The van der Waals surface area contributed by atoms with E-state index in [0.717, 1.165) is 15.2 Å². The number of aromatic nitrogens is 2. The van der Waals surface area contributed by atoms with Crippen LogP contribution >= 0.6 is 0 Å². The largest absolute Gasteiger partial charge is 0.496 e. The summed E-state index contributed by atoms with van der Waals surface area (Å²) in [6, 6.07) is 2.80. The molecule has 0 bridgehead atoms. The average molecular weight is 522 g/mol. The van der Waals surface area contributed by atoms with Crippen LogP contribution < -0.4 is 21.3 Å². The molecule has 0 aliphatic heterocycles. The summed E-state index contributed by atoms with van der Waals surface area (Å²) in [5, 5.41) is 17.7. The zero-order valence-corrected chi connectivity index (χ0v) is 22.3. The zero-order chi connectivity index (χ0) is 27.9. The smallest absolute Gasteiger partial charge is 0.331 e. The molecule has 204 valence electrons. The third-order valence-electron chi connectivity index (χ3n) is 5.58. The Balaban J connectivity index is 2.60. The van der Waals surface area contributed by atoms with E-state index in [-0.39, 0.29) is 47.8 Å². The minimum Gasteiger partial charge on any atom is -0.496 e. The highest BCUT2D eigenvalue weighted by Gasteiger charge is 2.22. The van der Waals surface area contributed by atoms with Crippen molar-refractivity contribution >= 4 is 11.7 Å². The molecule has 1 aromatic heterocycles. The van der Waals surface area contributed by atoms with Gasteiger partial charge < -0.3 is 24.9 Å². The molecule has 0 radical (unpaired) electrons. The monoisotopic (exact) mass is 521 g/mol. The number of rotatable bonds is 11. The third-order valence-corrected chi connectivity index (χ3v) is 5.58. The van der Waals surface area contributed by atoms with Crippen molar-refractivity contribution in [2.45, 2.75) is 65.5 Å². The molecule has 12 heteroatoms. The van der Waals surface area contributed by atoms with E-state index in [1.807, 2.05) is 6.92 Å². The maximum Gasteiger partial charge on any atom is 0.331 e. The van der Waals surface area contributed by atoms with Crippen molar-refractivity contribution in [1.82, 2.24) is 19.4 Å². The second-order valence-electron chi connectivity index (χ2n) is 9.08. The van der Waals surface area contributed by atoms with Crippen molar-refractivity contribution in [1.29, 1.82) is 0 Å². The Bertz CT molecular complexity index is 1240. The van der Waals surface area contributed by atoms with Crippen molar-refractivity contribution in [3.63, 3.8) is 0 Å². The lowest BCUT2D eigenvalue weighted by atomic mass is 10.1. The number of aliphatic hydroxyl groups excluding tert-OH is 1. The van der Waals surface area contributed by atoms with E-state index in [2.05, 4.69) is 10.5 Å². The predicted molar refractivity (Wildman–Crippen MR) is 138 cm³/mol. The fourth-order valence-corrected chi connectivity index (χ4v) is 3.48. The summed E-state index contributed by atoms with van der Waals surface area (Å²) in [6.07, 6.45) is 0.165. The van der Waals surface area contributed by atoms with Crippen LogP contribution in [0.25, 0.3) is 0 Å². The van der Waals surface area contributed by atoms with Crippen molar-refractivity contribution < 1.29 is 23.9 Å². The topological polar surface area (TPSA) is 127 Å². The zero-order valence-electron chi connectivity index (χ0n) is 22.3. The predicted octanol–water partition coefficient (Wildman–Crippen LogP) is 2.09. The summed E-state index contributed by atoms with van der Waals surface area (Å²) in [5.41, 5.74) is -0.882. The molecule has 0 spiro atoms. The van der Waals surface area contributed by atoms with Gasteiger partial charge in [0.15, 0.2) is 0 Å². The first kappa shape index (κ1) is 29.6. The second-order valence-corrected chi connectivity index (χ2v) is 9.08. The molecule has 37 heavy (non-hydrogen) atoms. The highest BCUT2D eigenvalue weighted by molar-refractivity contribution is 5.97. The van der Waals surface area contributed by atoms with E-state index in [9.17, 15) is 23.9 Å². The number of nitrogens with zero attached hydrogens (tertiary/aromatic N) is 4. The fourth-order valence-electron chi connectivity index (χ4n) is 3.48. The molecule has 0 unspecified atom stereocenters. The molecule has 2 N–H and O–H groups in total. The van der Waals surface area contributed by atoms with Gasteiger partial charge in [0, 0.05) is 31.9 Å². The van der Waals surface area contributed by atoms with E-state index in [1.54, 1.807) is 34.9 Å². The Labute approximate surface area is 215 Å². The number of urea groups is 1. The second kappa shape index (κ2) is 13.0. The van der Waals surface area contributed by atoms with Gasteiger partial charge in [0.05, 0.1) is 31.5 Å². The molecular weight excluding hydrogens is 485 g/mol. The minimum absolute atomic E-state index is 0.0763. The maximum atomic E-state index is 13.9. The Kier molecular flexibility index (Phi) is 10.4. The van der Waals surface area contributed by atoms with Gasteiger partial charge in [0.1, 0.15) is 23.8 Å². The molecule has 2 atom stereocenters. The van der Waals surface area contributed by atoms with Gasteiger partial charge in [-0.25, -0.2) is 14.0 Å². The van der Waals surface area contributed by atoms with Gasteiger partial charge in [-0.1, -0.05) is 12.1 Å². The van der Waals surface area contributed by atoms with Crippen LogP contribution in [0.4, 0.5) is 9.18 Å². The standard InChI is InChI=1S/C25H36FN5O6/c1-8-18(27-24(34)29(5)6)12-31-23(33)20(16(4)28-37-15(2)3)13-30(25(31)35)14-21(32)19-11-17(26)9-10-22(19)36-7/h9-11,13,15,18,21,32H,8,12,14H2,1-7H3,(H,27,34)/b28-16+/t18-,21-/m0/s1. The number of amides is 2. The van der Waals surface area contributed by atoms with Gasteiger partial charge >= 0.3 is 11.7 Å². The first-order valence-corrected chi connectivity index (χ1v) is 11.9. The number of ether oxygens (including phenoxy) is 1. The molecule has 0 saturated heterocycles. The lowest BCUT2D eigenvalue weighted by Crippen LogP contribution is -2.49. The molecular formula is C25H36FN5O6. The Hall–Kier alpha value is -3.67. The van der Waals surface area contributed by atoms with Crippen molar-refractivity contribution in [2.24, 2.45) is 5.16 Å². The highest BCUT2D eigenvalue weighted by Crippen LogP contribution is 2.26. The van der Waals surface area contributed by atoms with Crippen molar-refractivity contribution in [3.8, 4) is 5.75 Å². The summed E-state index contributed by atoms with van der Waals surface area (Å²) in [6.45, 7) is 6.52. The number of hydrogen-bond donors (Lipinski definition) is 2. The molecule has 0 aliphatic rings. The molecule has 1 aromatic carbocycles. The SMILES string of the molecule is CC[C@@H](Cn1c(=O)c(/C(C)=N/OC(C)C)cn(C[C@H](O)c2cc(F)ccc2OC)c1=O)NC(=O)N(C)C. The number of hydrogen-bond acceptors (Lipinski definition) is 7.